The maximum atomic E-state index is 13.0. The fourth-order valence-electron chi connectivity index (χ4n) is 8.35. The van der Waals surface area contributed by atoms with E-state index in [0.29, 0.717) is 32.0 Å². The third kappa shape index (κ3) is 36.4. The molecule has 0 amide bonds. The van der Waals surface area contributed by atoms with Crippen LogP contribution >= 0.6 is 0 Å². The first-order chi connectivity index (χ1) is 28.0. The lowest BCUT2D eigenvalue weighted by Gasteiger charge is -2.32. The number of unbranched alkanes of at least 4 members (excludes halogenated alkanes) is 23. The van der Waals surface area contributed by atoms with E-state index < -0.39 is 0 Å². The first kappa shape index (κ1) is 53.8. The van der Waals surface area contributed by atoms with E-state index in [-0.39, 0.29) is 11.9 Å². The molecule has 1 aliphatic heterocycles. The fourth-order valence-corrected chi connectivity index (χ4v) is 8.35. The zero-order valence-corrected chi connectivity index (χ0v) is 39.0. The summed E-state index contributed by atoms with van der Waals surface area (Å²) in [5, 5.41) is 0. The van der Waals surface area contributed by atoms with Gasteiger partial charge in [0.25, 0.3) is 0 Å². The van der Waals surface area contributed by atoms with Gasteiger partial charge in [-0.25, -0.2) is 0 Å². The first-order valence-electron chi connectivity index (χ1n) is 25.4. The van der Waals surface area contributed by atoms with Crippen LogP contribution in [0.25, 0.3) is 0 Å². The Morgan fingerprint density at radius 3 is 1.44 bits per heavy atom. The van der Waals surface area contributed by atoms with Crippen LogP contribution in [0.15, 0.2) is 0 Å². The molecule has 0 aliphatic carbocycles. The standard InChI is InChI=1S/C50H99N3O4/c1-5-8-11-14-17-19-21-24-32-46-56-49(54)36-28-25-29-38-52(39-30-31-40-53-44-42-51(4)43-45-53)41-33-37-50(55)57-47-48(34-26-22-16-13-10-7-3)35-27-23-20-18-15-12-9-6-2/h48H,5-47H2,1-4H3. The van der Waals surface area contributed by atoms with Crippen molar-refractivity contribution in [3.05, 3.63) is 0 Å². The second-order valence-corrected chi connectivity index (χ2v) is 18.0. The number of carbonyl (C=O) groups is 2. The van der Waals surface area contributed by atoms with Crippen LogP contribution in [0.2, 0.25) is 0 Å². The number of nitrogens with zero attached hydrogens (tertiary/aromatic N) is 3. The van der Waals surface area contributed by atoms with E-state index in [0.717, 1.165) is 51.7 Å². The van der Waals surface area contributed by atoms with E-state index >= 15 is 0 Å². The Bertz CT molecular complexity index is 865. The monoisotopic (exact) mass is 806 g/mol. The molecule has 1 rings (SSSR count). The van der Waals surface area contributed by atoms with Crippen molar-refractivity contribution in [2.75, 3.05) is 72.6 Å². The highest BCUT2D eigenvalue weighted by Crippen LogP contribution is 2.21. The molecule has 0 bridgehead atoms. The molecule has 1 atom stereocenters. The minimum Gasteiger partial charge on any atom is -0.466 e. The molecule has 338 valence electrons. The predicted molar refractivity (Wildman–Crippen MR) is 245 cm³/mol. The lowest BCUT2D eigenvalue weighted by atomic mass is 9.94. The lowest BCUT2D eigenvalue weighted by Crippen LogP contribution is -2.44. The van der Waals surface area contributed by atoms with Crippen molar-refractivity contribution in [2.24, 2.45) is 5.92 Å². The maximum absolute atomic E-state index is 13.0. The van der Waals surface area contributed by atoms with E-state index in [1.807, 2.05) is 0 Å². The number of hydrogen-bond donors (Lipinski definition) is 0. The Morgan fingerprint density at radius 2 is 0.895 bits per heavy atom. The summed E-state index contributed by atoms with van der Waals surface area (Å²) in [6.07, 6.45) is 40.0. The second kappa shape index (κ2) is 41.5. The highest BCUT2D eigenvalue weighted by Gasteiger charge is 2.15. The van der Waals surface area contributed by atoms with E-state index in [9.17, 15) is 9.59 Å². The number of rotatable bonds is 43. The van der Waals surface area contributed by atoms with Gasteiger partial charge < -0.3 is 24.2 Å². The van der Waals surface area contributed by atoms with Gasteiger partial charge in [0.05, 0.1) is 13.2 Å². The van der Waals surface area contributed by atoms with Crippen molar-refractivity contribution in [1.29, 1.82) is 0 Å². The van der Waals surface area contributed by atoms with Crippen molar-refractivity contribution < 1.29 is 19.1 Å². The van der Waals surface area contributed by atoms with E-state index in [4.69, 9.17) is 9.47 Å². The quantitative estimate of drug-likeness (QED) is 0.0449. The minimum absolute atomic E-state index is 0.00481. The highest BCUT2D eigenvalue weighted by atomic mass is 16.5. The van der Waals surface area contributed by atoms with Crippen molar-refractivity contribution in [3.63, 3.8) is 0 Å². The SMILES string of the molecule is CCCCCCCCCCCOC(=O)CCCCCN(CCCCN1CCN(C)CC1)CCCC(=O)OCC(CCCCCCCC)CCCCCCCCCC. The summed E-state index contributed by atoms with van der Waals surface area (Å²) in [7, 11) is 2.22. The largest absolute Gasteiger partial charge is 0.466 e. The lowest BCUT2D eigenvalue weighted by molar-refractivity contribution is -0.145. The Kier molecular flexibility index (Phi) is 39.2. The van der Waals surface area contributed by atoms with E-state index in [1.54, 1.807) is 0 Å². The number of likely N-dealkylation sites (N-methyl/N-ethyl adjacent to an activating group) is 1. The molecule has 0 radical (unpaired) electrons. The van der Waals surface area contributed by atoms with E-state index in [1.165, 1.54) is 200 Å². The third-order valence-corrected chi connectivity index (χ3v) is 12.4. The van der Waals surface area contributed by atoms with Crippen LogP contribution in [-0.2, 0) is 19.1 Å². The van der Waals surface area contributed by atoms with Gasteiger partial charge in [-0.1, -0.05) is 168 Å². The van der Waals surface area contributed by atoms with Crippen LogP contribution < -0.4 is 0 Å². The molecule has 1 heterocycles. The van der Waals surface area contributed by atoms with Gasteiger partial charge in [-0.3, -0.25) is 9.59 Å². The van der Waals surface area contributed by atoms with Gasteiger partial charge in [0.1, 0.15) is 0 Å². The number of piperazine rings is 1. The molecule has 7 nitrogen and oxygen atoms in total. The van der Waals surface area contributed by atoms with Gasteiger partial charge in [-0.2, -0.15) is 0 Å². The Labute approximate surface area is 355 Å². The molecule has 0 aromatic carbocycles. The molecular weight excluding hydrogens is 707 g/mol. The number of esters is 2. The molecule has 0 N–H and O–H groups in total. The average Bonchev–Trinajstić information content (AvgIpc) is 3.21. The summed E-state index contributed by atoms with van der Waals surface area (Å²) < 4.78 is 11.5. The molecule has 0 saturated carbocycles. The van der Waals surface area contributed by atoms with Crippen LogP contribution in [0.4, 0.5) is 0 Å². The fraction of sp³-hybridized carbons (Fsp3) is 0.960. The highest BCUT2D eigenvalue weighted by molar-refractivity contribution is 5.69. The van der Waals surface area contributed by atoms with Crippen molar-refractivity contribution in [2.45, 2.75) is 233 Å². The Hall–Kier alpha value is -1.18. The Morgan fingerprint density at radius 1 is 0.474 bits per heavy atom. The summed E-state index contributed by atoms with van der Waals surface area (Å²) in [4.78, 5) is 32.9. The molecule has 1 aliphatic rings. The molecule has 1 unspecified atom stereocenters. The molecule has 1 fully saturated rings. The summed E-state index contributed by atoms with van der Waals surface area (Å²) in [6.45, 7) is 17.0. The topological polar surface area (TPSA) is 62.3 Å². The summed E-state index contributed by atoms with van der Waals surface area (Å²) in [6, 6.07) is 0. The van der Waals surface area contributed by atoms with Crippen LogP contribution in [0.5, 0.6) is 0 Å². The molecular formula is C50H99N3O4. The molecule has 0 aromatic rings. The number of hydrogen-bond acceptors (Lipinski definition) is 7. The molecule has 7 heteroatoms. The van der Waals surface area contributed by atoms with E-state index in [2.05, 4.69) is 42.5 Å². The van der Waals surface area contributed by atoms with Crippen molar-refractivity contribution in [3.8, 4) is 0 Å². The predicted octanol–water partition coefficient (Wildman–Crippen LogP) is 13.2. The van der Waals surface area contributed by atoms with Crippen molar-refractivity contribution >= 4 is 11.9 Å². The van der Waals surface area contributed by atoms with Gasteiger partial charge in [0.2, 0.25) is 0 Å². The van der Waals surface area contributed by atoms with Crippen molar-refractivity contribution in [1.82, 2.24) is 14.7 Å². The maximum Gasteiger partial charge on any atom is 0.305 e. The smallest absolute Gasteiger partial charge is 0.305 e. The van der Waals surface area contributed by atoms with Gasteiger partial charge in [-0.05, 0) is 90.5 Å². The van der Waals surface area contributed by atoms with Crippen LogP contribution in [-0.4, -0.2) is 99.3 Å². The molecule has 0 aromatic heterocycles. The average molecular weight is 806 g/mol. The van der Waals surface area contributed by atoms with Gasteiger partial charge >= 0.3 is 11.9 Å². The zero-order chi connectivity index (χ0) is 41.3. The third-order valence-electron chi connectivity index (χ3n) is 12.4. The van der Waals surface area contributed by atoms with Gasteiger partial charge in [0, 0.05) is 39.0 Å². The number of carbonyl (C=O) groups excluding carboxylic acids is 2. The summed E-state index contributed by atoms with van der Waals surface area (Å²) >= 11 is 0. The minimum atomic E-state index is -0.0270. The first-order valence-corrected chi connectivity index (χ1v) is 25.4. The van der Waals surface area contributed by atoms with Crippen LogP contribution in [0.3, 0.4) is 0 Å². The van der Waals surface area contributed by atoms with Crippen LogP contribution in [0, 0.1) is 5.92 Å². The molecule has 0 spiro atoms. The second-order valence-electron chi connectivity index (χ2n) is 18.0. The normalized spacial score (nSPS) is 14.4. The summed E-state index contributed by atoms with van der Waals surface area (Å²) in [5.41, 5.74) is 0. The molecule has 57 heavy (non-hydrogen) atoms. The zero-order valence-electron chi connectivity index (χ0n) is 39.0. The Balaban J connectivity index is 2.40. The summed E-state index contributed by atoms with van der Waals surface area (Å²) in [5.74, 6) is 0.486. The van der Waals surface area contributed by atoms with Gasteiger partial charge in [-0.15, -0.1) is 0 Å². The number of ether oxygens (including phenoxy) is 2. The molecule has 1 saturated heterocycles. The van der Waals surface area contributed by atoms with Gasteiger partial charge in [0.15, 0.2) is 0 Å². The van der Waals surface area contributed by atoms with Crippen LogP contribution in [0.1, 0.15) is 233 Å².